The number of nitrogens with zero attached hydrogens (tertiary/aromatic N) is 1. The van der Waals surface area contributed by atoms with Gasteiger partial charge in [0.1, 0.15) is 19.8 Å². The number of aliphatic hydroxyl groups excluding tert-OH is 1. The first-order valence-electron chi connectivity index (χ1n) is 12.5. The van der Waals surface area contributed by atoms with E-state index in [0.29, 0.717) is 6.54 Å². The van der Waals surface area contributed by atoms with Crippen molar-refractivity contribution in [1.82, 2.24) is 0 Å². The lowest BCUT2D eigenvalue weighted by molar-refractivity contribution is 0.0577. The van der Waals surface area contributed by atoms with E-state index in [1.165, 1.54) is 0 Å². The van der Waals surface area contributed by atoms with Crippen molar-refractivity contribution < 1.29 is 14.6 Å². The quantitative estimate of drug-likeness (QED) is 0.265. The van der Waals surface area contributed by atoms with Gasteiger partial charge in [0.25, 0.3) is 0 Å². The molecule has 0 radical (unpaired) electrons. The molecule has 3 aromatic rings. The van der Waals surface area contributed by atoms with Crippen LogP contribution in [0.1, 0.15) is 54.7 Å². The highest BCUT2D eigenvalue weighted by Crippen LogP contribution is 2.55. The summed E-state index contributed by atoms with van der Waals surface area (Å²) in [5, 5.41) is 11.6. The van der Waals surface area contributed by atoms with E-state index in [1.54, 1.807) is 4.90 Å². The Labute approximate surface area is 214 Å². The third-order valence-electron chi connectivity index (χ3n) is 6.62. The standard InChI is InChI=1S/C31H33NO3Si/c1-19-25-22-14-10-11-15-23(22)29(33)27(25)24(16-17-36(5,6)7)26-21-13-9-8-12-20(21)18-32(28(19)26)30(34)35-31(2,3)4/h8-15,29,33H,18H2,1-7H3. The lowest BCUT2D eigenvalue weighted by Gasteiger charge is -2.36. The van der Waals surface area contributed by atoms with Crippen LogP contribution >= 0.6 is 0 Å². The first kappa shape index (κ1) is 24.4. The molecule has 0 bridgehead atoms. The molecule has 1 aliphatic carbocycles. The predicted molar refractivity (Wildman–Crippen MR) is 149 cm³/mol. The van der Waals surface area contributed by atoms with E-state index in [-0.39, 0.29) is 6.09 Å². The highest BCUT2D eigenvalue weighted by Gasteiger charge is 2.39. The molecular formula is C31H33NO3Si. The summed E-state index contributed by atoms with van der Waals surface area (Å²) in [4.78, 5) is 15.4. The van der Waals surface area contributed by atoms with Crippen molar-refractivity contribution in [3.8, 4) is 33.7 Å². The Balaban J connectivity index is 1.91. The summed E-state index contributed by atoms with van der Waals surface area (Å²) in [5.41, 5.74) is 12.2. The molecule has 0 fully saturated rings. The molecule has 36 heavy (non-hydrogen) atoms. The molecule has 1 N–H and O–H groups in total. The zero-order valence-electron chi connectivity index (χ0n) is 22.1. The highest BCUT2D eigenvalue weighted by atomic mass is 28.3. The maximum Gasteiger partial charge on any atom is 0.415 e. The minimum absolute atomic E-state index is 0.378. The van der Waals surface area contributed by atoms with Gasteiger partial charge in [-0.2, -0.15) is 0 Å². The van der Waals surface area contributed by atoms with Crippen molar-refractivity contribution in [3.05, 3.63) is 76.3 Å². The van der Waals surface area contributed by atoms with Gasteiger partial charge in [-0.15, -0.1) is 5.54 Å². The van der Waals surface area contributed by atoms with Crippen molar-refractivity contribution in [2.45, 2.75) is 65.6 Å². The molecule has 5 heteroatoms. The summed E-state index contributed by atoms with van der Waals surface area (Å²) in [6, 6.07) is 16.2. The average molecular weight is 496 g/mol. The number of ether oxygens (including phenoxy) is 1. The number of benzene rings is 3. The number of anilines is 1. The van der Waals surface area contributed by atoms with E-state index in [9.17, 15) is 9.90 Å². The van der Waals surface area contributed by atoms with Gasteiger partial charge in [0, 0.05) is 16.7 Å². The second kappa shape index (κ2) is 8.37. The fraction of sp³-hybridized carbons (Fsp3) is 0.323. The van der Waals surface area contributed by atoms with E-state index in [0.717, 1.165) is 55.8 Å². The number of carbonyl (C=O) groups excluding carboxylic acids is 1. The van der Waals surface area contributed by atoms with Crippen LogP contribution in [0.15, 0.2) is 48.5 Å². The molecule has 1 unspecified atom stereocenters. The van der Waals surface area contributed by atoms with Crippen LogP contribution in [-0.4, -0.2) is 24.9 Å². The first-order chi connectivity index (χ1) is 16.9. The van der Waals surface area contributed by atoms with Crippen LogP contribution in [0.3, 0.4) is 0 Å². The van der Waals surface area contributed by atoms with Crippen LogP contribution in [0.2, 0.25) is 19.6 Å². The van der Waals surface area contributed by atoms with Gasteiger partial charge in [-0.3, -0.25) is 4.90 Å². The van der Waals surface area contributed by atoms with Gasteiger partial charge in [0.05, 0.1) is 12.2 Å². The Hall–Kier alpha value is -3.33. The van der Waals surface area contributed by atoms with Crippen molar-refractivity contribution in [2.75, 3.05) is 4.90 Å². The number of aliphatic hydroxyl groups is 1. The van der Waals surface area contributed by atoms with Gasteiger partial charge in [-0.1, -0.05) is 74.1 Å². The fourth-order valence-corrected chi connectivity index (χ4v) is 5.73. The molecule has 1 aliphatic heterocycles. The molecule has 3 aromatic carbocycles. The largest absolute Gasteiger partial charge is 0.443 e. The first-order valence-corrected chi connectivity index (χ1v) is 16.0. The van der Waals surface area contributed by atoms with Gasteiger partial charge in [-0.05, 0) is 61.1 Å². The summed E-state index contributed by atoms with van der Waals surface area (Å²) in [7, 11) is -1.74. The molecule has 5 rings (SSSR count). The third kappa shape index (κ3) is 4.05. The predicted octanol–water partition coefficient (Wildman–Crippen LogP) is 7.21. The van der Waals surface area contributed by atoms with Crippen molar-refractivity contribution in [1.29, 1.82) is 0 Å². The topological polar surface area (TPSA) is 49.8 Å². The van der Waals surface area contributed by atoms with E-state index in [2.05, 4.69) is 43.2 Å². The monoisotopic (exact) mass is 495 g/mol. The van der Waals surface area contributed by atoms with Crippen LogP contribution < -0.4 is 4.90 Å². The molecule has 1 atom stereocenters. The fourth-order valence-electron chi connectivity index (χ4n) is 5.23. The van der Waals surface area contributed by atoms with E-state index >= 15 is 0 Å². The SMILES string of the molecule is Cc1c2c(c(C#C[Si](C)(C)C)c3c1N(C(=O)OC(C)(C)C)Cc1ccccc1-3)C(O)c1ccccc1-2. The number of hydrogen-bond acceptors (Lipinski definition) is 3. The summed E-state index contributed by atoms with van der Waals surface area (Å²) in [6.07, 6.45) is -1.15. The zero-order valence-corrected chi connectivity index (χ0v) is 23.1. The number of rotatable bonds is 0. The van der Waals surface area contributed by atoms with Crippen molar-refractivity contribution in [3.63, 3.8) is 0 Å². The molecule has 0 spiro atoms. The Kier molecular flexibility index (Phi) is 5.66. The Morgan fingerprint density at radius 1 is 1.03 bits per heavy atom. The van der Waals surface area contributed by atoms with Crippen LogP contribution in [0, 0.1) is 18.4 Å². The second-order valence-electron chi connectivity index (χ2n) is 11.7. The van der Waals surface area contributed by atoms with Crippen molar-refractivity contribution in [2.24, 2.45) is 0 Å². The highest BCUT2D eigenvalue weighted by molar-refractivity contribution is 6.83. The van der Waals surface area contributed by atoms with Crippen molar-refractivity contribution >= 4 is 19.9 Å². The number of fused-ring (bicyclic) bond motifs is 6. The second-order valence-corrected chi connectivity index (χ2v) is 16.5. The molecule has 2 aliphatic rings. The summed E-state index contributed by atoms with van der Waals surface area (Å²) < 4.78 is 5.88. The lowest BCUT2D eigenvalue weighted by Crippen LogP contribution is -2.39. The molecule has 1 amide bonds. The Morgan fingerprint density at radius 2 is 1.67 bits per heavy atom. The number of hydrogen-bond donors (Lipinski definition) is 1. The van der Waals surface area contributed by atoms with Crippen LogP contribution in [0.5, 0.6) is 0 Å². The maximum atomic E-state index is 13.6. The molecule has 4 nitrogen and oxygen atoms in total. The minimum atomic E-state index is -1.74. The maximum absolute atomic E-state index is 13.6. The summed E-state index contributed by atoms with van der Waals surface area (Å²) in [6.45, 7) is 14.8. The molecular weight excluding hydrogens is 462 g/mol. The smallest absolute Gasteiger partial charge is 0.415 e. The third-order valence-corrected chi connectivity index (χ3v) is 7.49. The summed E-state index contributed by atoms with van der Waals surface area (Å²) in [5.74, 6) is 3.53. The molecule has 0 saturated carbocycles. The van der Waals surface area contributed by atoms with Gasteiger partial charge < -0.3 is 9.84 Å². The Bertz CT molecular complexity index is 1460. The van der Waals surface area contributed by atoms with Crippen LogP contribution in [0.4, 0.5) is 10.5 Å². The van der Waals surface area contributed by atoms with Gasteiger partial charge in [-0.25, -0.2) is 4.79 Å². The van der Waals surface area contributed by atoms with Gasteiger partial charge >= 0.3 is 6.09 Å². The number of amides is 1. The molecule has 1 heterocycles. The van der Waals surface area contributed by atoms with Gasteiger partial charge in [0.15, 0.2) is 0 Å². The average Bonchev–Trinajstić information content (AvgIpc) is 3.09. The van der Waals surface area contributed by atoms with E-state index in [1.807, 2.05) is 64.1 Å². The van der Waals surface area contributed by atoms with E-state index in [4.69, 9.17) is 4.74 Å². The van der Waals surface area contributed by atoms with Crippen LogP contribution in [-0.2, 0) is 11.3 Å². The van der Waals surface area contributed by atoms with E-state index < -0.39 is 19.8 Å². The summed E-state index contributed by atoms with van der Waals surface area (Å²) >= 11 is 0. The molecule has 184 valence electrons. The molecule has 0 saturated heterocycles. The molecule has 0 aromatic heterocycles. The number of carbonyl (C=O) groups is 1. The van der Waals surface area contributed by atoms with Crippen LogP contribution in [0.25, 0.3) is 22.3 Å². The lowest BCUT2D eigenvalue weighted by atomic mass is 9.82. The van der Waals surface area contributed by atoms with Gasteiger partial charge in [0.2, 0.25) is 0 Å². The normalized spacial score (nSPS) is 15.8. The Morgan fingerprint density at radius 3 is 2.33 bits per heavy atom. The minimum Gasteiger partial charge on any atom is -0.443 e. The zero-order chi connectivity index (χ0) is 26.0.